The van der Waals surface area contributed by atoms with Crippen LogP contribution in [-0.2, 0) is 16.0 Å². The van der Waals surface area contributed by atoms with Gasteiger partial charge in [0.2, 0.25) is 5.91 Å². The first-order chi connectivity index (χ1) is 14.6. The second-order valence-electron chi connectivity index (χ2n) is 8.30. The van der Waals surface area contributed by atoms with Crippen molar-refractivity contribution in [3.05, 3.63) is 59.7 Å². The van der Waals surface area contributed by atoms with Crippen LogP contribution < -0.4 is 20.9 Å². The molecule has 2 fully saturated rings. The van der Waals surface area contributed by atoms with Gasteiger partial charge in [-0.05, 0) is 61.4 Å². The van der Waals surface area contributed by atoms with Crippen molar-refractivity contribution in [2.24, 2.45) is 11.8 Å². The Hall–Kier alpha value is -2.86. The number of hydrogen-bond donors (Lipinski definition) is 3. The highest BCUT2D eigenvalue weighted by Crippen LogP contribution is 2.35. The number of fused-ring (bicyclic) bond motifs is 1. The topological polar surface area (TPSA) is 79.5 Å². The number of carbonyl (C=O) groups excluding carboxylic acids is 2. The number of ether oxygens (including phenoxy) is 1. The van der Waals surface area contributed by atoms with Gasteiger partial charge < -0.3 is 10.1 Å². The van der Waals surface area contributed by atoms with Crippen LogP contribution in [0.5, 0.6) is 5.75 Å². The standard InChI is InChI=1S/C24H29N3O3/c1-16-7-2-5-12-22(16)30-15-23(28)25-18-9-6-8-17(13-18)14-21-19-10-3-4-11-20(19)24(29)27-26-21/h2,5-9,12-13,19-21,26H,3-4,10-11,14-15H2,1H3,(H,25,28)(H,27,29). The molecule has 6 heteroatoms. The van der Waals surface area contributed by atoms with E-state index in [-0.39, 0.29) is 30.4 Å². The Kier molecular flexibility index (Phi) is 6.33. The SMILES string of the molecule is Cc1ccccc1OCC(=O)Nc1cccc(CC2NNC(=O)C3CCCCC23)c1. The molecular weight excluding hydrogens is 378 g/mol. The van der Waals surface area contributed by atoms with E-state index in [4.69, 9.17) is 4.74 Å². The summed E-state index contributed by atoms with van der Waals surface area (Å²) in [5.74, 6) is 1.14. The first kappa shape index (κ1) is 20.4. The molecule has 0 bridgehead atoms. The Bertz CT molecular complexity index is 914. The van der Waals surface area contributed by atoms with Crippen LogP contribution in [-0.4, -0.2) is 24.5 Å². The molecular formula is C24H29N3O3. The Morgan fingerprint density at radius 1 is 1.13 bits per heavy atom. The van der Waals surface area contributed by atoms with Crippen molar-refractivity contribution >= 4 is 17.5 Å². The number of benzene rings is 2. The van der Waals surface area contributed by atoms with Crippen molar-refractivity contribution in [3.63, 3.8) is 0 Å². The number of amides is 2. The molecule has 0 radical (unpaired) electrons. The predicted octanol–water partition coefficient (Wildman–Crippen LogP) is 3.36. The minimum Gasteiger partial charge on any atom is -0.483 e. The molecule has 2 aromatic rings. The summed E-state index contributed by atoms with van der Waals surface area (Å²) >= 11 is 0. The molecule has 3 unspecified atom stereocenters. The van der Waals surface area contributed by atoms with Crippen LogP contribution in [0.3, 0.4) is 0 Å². The fourth-order valence-corrected chi connectivity index (χ4v) is 4.62. The van der Waals surface area contributed by atoms with Gasteiger partial charge in [0.1, 0.15) is 5.75 Å². The van der Waals surface area contributed by atoms with Crippen molar-refractivity contribution in [1.29, 1.82) is 0 Å². The largest absolute Gasteiger partial charge is 0.483 e. The van der Waals surface area contributed by atoms with E-state index in [9.17, 15) is 9.59 Å². The fraction of sp³-hybridized carbons (Fsp3) is 0.417. The lowest BCUT2D eigenvalue weighted by molar-refractivity contribution is -0.133. The Morgan fingerprint density at radius 3 is 2.83 bits per heavy atom. The second-order valence-corrected chi connectivity index (χ2v) is 8.30. The molecule has 4 rings (SSSR count). The van der Waals surface area contributed by atoms with Crippen LogP contribution in [0.15, 0.2) is 48.5 Å². The zero-order valence-electron chi connectivity index (χ0n) is 17.3. The summed E-state index contributed by atoms with van der Waals surface area (Å²) < 4.78 is 5.63. The summed E-state index contributed by atoms with van der Waals surface area (Å²) in [6.07, 6.45) is 5.19. The molecule has 1 heterocycles. The molecule has 1 aliphatic heterocycles. The van der Waals surface area contributed by atoms with Gasteiger partial charge in [-0.3, -0.25) is 15.0 Å². The van der Waals surface area contributed by atoms with E-state index in [0.717, 1.165) is 42.5 Å². The van der Waals surface area contributed by atoms with Gasteiger partial charge in [-0.25, -0.2) is 5.43 Å². The van der Waals surface area contributed by atoms with Gasteiger partial charge in [-0.15, -0.1) is 0 Å². The number of anilines is 1. The van der Waals surface area contributed by atoms with E-state index in [2.05, 4.69) is 22.2 Å². The lowest BCUT2D eigenvalue weighted by atomic mass is 9.72. The number of rotatable bonds is 6. The highest BCUT2D eigenvalue weighted by atomic mass is 16.5. The zero-order valence-corrected chi connectivity index (χ0v) is 17.3. The Morgan fingerprint density at radius 2 is 1.97 bits per heavy atom. The minimum atomic E-state index is -0.189. The smallest absolute Gasteiger partial charge is 0.262 e. The van der Waals surface area contributed by atoms with Crippen LogP contribution in [0.2, 0.25) is 0 Å². The summed E-state index contributed by atoms with van der Waals surface area (Å²) in [5.41, 5.74) is 8.96. The second kappa shape index (κ2) is 9.30. The van der Waals surface area contributed by atoms with E-state index in [0.29, 0.717) is 11.7 Å². The van der Waals surface area contributed by atoms with Crippen LogP contribution in [0.1, 0.15) is 36.8 Å². The van der Waals surface area contributed by atoms with Crippen LogP contribution >= 0.6 is 0 Å². The van der Waals surface area contributed by atoms with Gasteiger partial charge >= 0.3 is 0 Å². The maximum absolute atomic E-state index is 12.3. The number of nitrogens with one attached hydrogen (secondary N) is 3. The van der Waals surface area contributed by atoms with Crippen molar-refractivity contribution in [2.45, 2.75) is 45.1 Å². The van der Waals surface area contributed by atoms with Crippen LogP contribution in [0.4, 0.5) is 5.69 Å². The fourth-order valence-electron chi connectivity index (χ4n) is 4.62. The van der Waals surface area contributed by atoms with E-state index in [1.54, 1.807) is 0 Å². The third kappa shape index (κ3) is 4.82. The number of hydrogen-bond acceptors (Lipinski definition) is 4. The van der Waals surface area contributed by atoms with Gasteiger partial charge in [0.25, 0.3) is 5.91 Å². The molecule has 6 nitrogen and oxygen atoms in total. The average molecular weight is 408 g/mol. The monoisotopic (exact) mass is 407 g/mol. The summed E-state index contributed by atoms with van der Waals surface area (Å²) in [6.45, 7) is 1.92. The predicted molar refractivity (Wildman–Crippen MR) is 116 cm³/mol. The first-order valence-corrected chi connectivity index (χ1v) is 10.7. The zero-order chi connectivity index (χ0) is 20.9. The third-order valence-corrected chi connectivity index (χ3v) is 6.17. The third-order valence-electron chi connectivity index (χ3n) is 6.17. The number of para-hydroxylation sites is 1. The molecule has 158 valence electrons. The van der Waals surface area contributed by atoms with Crippen LogP contribution in [0.25, 0.3) is 0 Å². The summed E-state index contributed by atoms with van der Waals surface area (Å²) in [6, 6.07) is 15.8. The maximum atomic E-state index is 12.3. The van der Waals surface area contributed by atoms with E-state index in [1.807, 2.05) is 49.4 Å². The van der Waals surface area contributed by atoms with Crippen molar-refractivity contribution < 1.29 is 14.3 Å². The normalized spacial score (nSPS) is 23.2. The van der Waals surface area contributed by atoms with Crippen LogP contribution in [0, 0.1) is 18.8 Å². The van der Waals surface area contributed by atoms with Crippen molar-refractivity contribution in [3.8, 4) is 5.75 Å². The van der Waals surface area contributed by atoms with Crippen molar-refractivity contribution in [2.75, 3.05) is 11.9 Å². The van der Waals surface area contributed by atoms with Gasteiger partial charge in [0.05, 0.1) is 0 Å². The number of aryl methyl sites for hydroxylation is 1. The summed E-state index contributed by atoms with van der Waals surface area (Å²) in [5, 5.41) is 2.92. The molecule has 2 aliphatic rings. The van der Waals surface area contributed by atoms with Gasteiger partial charge in [-0.2, -0.15) is 0 Å². The highest BCUT2D eigenvalue weighted by Gasteiger charge is 2.39. The van der Waals surface area contributed by atoms with Gasteiger partial charge in [0.15, 0.2) is 6.61 Å². The molecule has 3 N–H and O–H groups in total. The van der Waals surface area contributed by atoms with E-state index < -0.39 is 0 Å². The molecule has 1 aliphatic carbocycles. The quantitative estimate of drug-likeness (QED) is 0.686. The number of hydrazine groups is 1. The molecule has 30 heavy (non-hydrogen) atoms. The molecule has 0 spiro atoms. The molecule has 2 aromatic carbocycles. The summed E-state index contributed by atoms with van der Waals surface area (Å²) in [4.78, 5) is 24.5. The molecule has 2 amide bonds. The molecule has 1 saturated carbocycles. The lowest BCUT2D eigenvalue weighted by Crippen LogP contribution is -2.60. The molecule has 3 atom stereocenters. The lowest BCUT2D eigenvalue weighted by Gasteiger charge is -2.41. The first-order valence-electron chi connectivity index (χ1n) is 10.7. The minimum absolute atomic E-state index is 0.0327. The van der Waals surface area contributed by atoms with Crippen molar-refractivity contribution in [1.82, 2.24) is 10.9 Å². The maximum Gasteiger partial charge on any atom is 0.262 e. The van der Waals surface area contributed by atoms with Gasteiger partial charge in [0, 0.05) is 17.6 Å². The Balaban J connectivity index is 1.35. The van der Waals surface area contributed by atoms with E-state index >= 15 is 0 Å². The molecule has 0 aromatic heterocycles. The summed E-state index contributed by atoms with van der Waals surface area (Å²) in [7, 11) is 0. The Labute approximate surface area is 177 Å². The van der Waals surface area contributed by atoms with Gasteiger partial charge in [-0.1, -0.05) is 43.2 Å². The number of carbonyl (C=O) groups is 2. The highest BCUT2D eigenvalue weighted by molar-refractivity contribution is 5.92. The molecule has 1 saturated heterocycles. The van der Waals surface area contributed by atoms with E-state index in [1.165, 1.54) is 6.42 Å². The average Bonchev–Trinajstić information content (AvgIpc) is 2.76.